The molecule has 4 nitrogen and oxygen atoms in total. The Morgan fingerprint density at radius 2 is 2.05 bits per heavy atom. The van der Waals surface area contributed by atoms with Crippen LogP contribution in [0.5, 0.6) is 5.75 Å². The van der Waals surface area contributed by atoms with Crippen molar-refractivity contribution in [2.24, 2.45) is 5.92 Å². The molecule has 0 aromatic heterocycles. The van der Waals surface area contributed by atoms with Gasteiger partial charge in [-0.1, -0.05) is 19.9 Å². The van der Waals surface area contributed by atoms with E-state index >= 15 is 0 Å². The number of amides is 1. The number of carbonyl (C=O) groups is 1. The van der Waals surface area contributed by atoms with Gasteiger partial charge >= 0.3 is 0 Å². The van der Waals surface area contributed by atoms with Gasteiger partial charge in [-0.3, -0.25) is 4.79 Å². The van der Waals surface area contributed by atoms with Crippen LogP contribution in [0.4, 0.5) is 0 Å². The van der Waals surface area contributed by atoms with Crippen molar-refractivity contribution in [3.63, 3.8) is 0 Å². The van der Waals surface area contributed by atoms with Crippen molar-refractivity contribution in [1.29, 1.82) is 0 Å². The van der Waals surface area contributed by atoms with E-state index in [0.717, 1.165) is 31.7 Å². The number of hydrogen-bond donors (Lipinski definition) is 1. The smallest absolute Gasteiger partial charge is 0.253 e. The molecule has 1 saturated heterocycles. The maximum Gasteiger partial charge on any atom is 0.253 e. The van der Waals surface area contributed by atoms with E-state index in [9.17, 15) is 4.79 Å². The first kappa shape index (κ1) is 18.8. The molecule has 0 saturated carbocycles. The summed E-state index contributed by atoms with van der Waals surface area (Å²) in [5.74, 6) is 1.33. The highest BCUT2D eigenvalue weighted by molar-refractivity contribution is 5.94. The van der Waals surface area contributed by atoms with E-state index in [1.807, 2.05) is 36.2 Å². The summed E-state index contributed by atoms with van der Waals surface area (Å²) in [6, 6.07) is 7.84. The van der Waals surface area contributed by atoms with Crippen LogP contribution >= 0.6 is 12.4 Å². The van der Waals surface area contributed by atoms with Crippen LogP contribution in [0, 0.1) is 5.92 Å². The zero-order chi connectivity index (χ0) is 15.2. The molecule has 1 amide bonds. The Morgan fingerprint density at radius 1 is 1.36 bits per heavy atom. The van der Waals surface area contributed by atoms with E-state index in [4.69, 9.17) is 4.74 Å². The van der Waals surface area contributed by atoms with Crippen LogP contribution in [0.2, 0.25) is 0 Å². The minimum Gasteiger partial charge on any atom is -0.493 e. The van der Waals surface area contributed by atoms with E-state index < -0.39 is 0 Å². The molecule has 5 heteroatoms. The first-order valence-electron chi connectivity index (χ1n) is 7.78. The molecule has 1 aliphatic rings. The number of ether oxygens (including phenoxy) is 1. The lowest BCUT2D eigenvalue weighted by atomic mass is 10.0. The zero-order valence-corrected chi connectivity index (χ0v) is 14.5. The van der Waals surface area contributed by atoms with Crippen molar-refractivity contribution < 1.29 is 9.53 Å². The van der Waals surface area contributed by atoms with Crippen LogP contribution in [-0.2, 0) is 0 Å². The first-order valence-corrected chi connectivity index (χ1v) is 7.78. The third-order valence-corrected chi connectivity index (χ3v) is 3.84. The maximum atomic E-state index is 12.6. The van der Waals surface area contributed by atoms with Crippen LogP contribution in [0.25, 0.3) is 0 Å². The van der Waals surface area contributed by atoms with E-state index in [1.54, 1.807) is 0 Å². The standard InChI is InChI=1S/C17H26N2O2.ClH/c1-13(2)12-21-16-6-4-5-14(11-16)17(20)19(3)15-7-9-18-10-8-15;/h4-6,11,13,15,18H,7-10,12H2,1-3H3;1H. The molecule has 0 unspecified atom stereocenters. The second-order valence-electron chi connectivity index (χ2n) is 6.13. The summed E-state index contributed by atoms with van der Waals surface area (Å²) < 4.78 is 5.70. The molecular formula is C17H27ClN2O2. The van der Waals surface area contributed by atoms with Gasteiger partial charge in [0, 0.05) is 18.7 Å². The highest BCUT2D eigenvalue weighted by Crippen LogP contribution is 2.18. The molecule has 1 aliphatic heterocycles. The Labute approximate surface area is 139 Å². The summed E-state index contributed by atoms with van der Waals surface area (Å²) in [6.45, 7) is 6.86. The Kier molecular flexibility index (Phi) is 7.69. The molecule has 1 heterocycles. The van der Waals surface area contributed by atoms with Gasteiger partial charge in [0.15, 0.2) is 0 Å². The summed E-state index contributed by atoms with van der Waals surface area (Å²) in [6.07, 6.45) is 2.04. The normalized spacial score (nSPS) is 15.3. The van der Waals surface area contributed by atoms with Gasteiger partial charge in [0.1, 0.15) is 5.75 Å². The summed E-state index contributed by atoms with van der Waals surface area (Å²) in [4.78, 5) is 14.5. The fourth-order valence-corrected chi connectivity index (χ4v) is 2.55. The van der Waals surface area contributed by atoms with Crippen molar-refractivity contribution in [3.05, 3.63) is 29.8 Å². The monoisotopic (exact) mass is 326 g/mol. The average molecular weight is 327 g/mol. The molecule has 22 heavy (non-hydrogen) atoms. The van der Waals surface area contributed by atoms with Crippen LogP contribution < -0.4 is 10.1 Å². The predicted octanol–water partition coefficient (Wildman–Crippen LogP) is 2.97. The molecule has 2 rings (SSSR count). The van der Waals surface area contributed by atoms with Gasteiger partial charge < -0.3 is 15.0 Å². The summed E-state index contributed by atoms with van der Waals surface area (Å²) in [5.41, 5.74) is 0.706. The SMILES string of the molecule is CC(C)COc1cccc(C(=O)N(C)C2CCNCC2)c1.Cl. The van der Waals surface area contributed by atoms with Crippen LogP contribution in [0.1, 0.15) is 37.0 Å². The van der Waals surface area contributed by atoms with E-state index in [-0.39, 0.29) is 18.3 Å². The molecule has 1 N–H and O–H groups in total. The molecule has 1 aromatic carbocycles. The number of hydrogen-bond acceptors (Lipinski definition) is 3. The number of benzene rings is 1. The zero-order valence-electron chi connectivity index (χ0n) is 13.7. The lowest BCUT2D eigenvalue weighted by molar-refractivity contribution is 0.0702. The summed E-state index contributed by atoms with van der Waals surface area (Å²) >= 11 is 0. The van der Waals surface area contributed by atoms with Crippen LogP contribution in [0.3, 0.4) is 0 Å². The Morgan fingerprint density at radius 3 is 2.68 bits per heavy atom. The van der Waals surface area contributed by atoms with Crippen molar-refractivity contribution in [2.75, 3.05) is 26.7 Å². The highest BCUT2D eigenvalue weighted by Gasteiger charge is 2.22. The molecule has 1 fully saturated rings. The van der Waals surface area contributed by atoms with Gasteiger partial charge in [0.05, 0.1) is 6.61 Å². The van der Waals surface area contributed by atoms with Crippen molar-refractivity contribution >= 4 is 18.3 Å². The lowest BCUT2D eigenvalue weighted by Gasteiger charge is -2.31. The first-order chi connectivity index (χ1) is 10.1. The molecule has 0 spiro atoms. The second-order valence-corrected chi connectivity index (χ2v) is 6.13. The third-order valence-electron chi connectivity index (χ3n) is 3.84. The molecule has 0 radical (unpaired) electrons. The number of nitrogens with one attached hydrogen (secondary N) is 1. The molecule has 0 aliphatic carbocycles. The van der Waals surface area contributed by atoms with E-state index in [1.165, 1.54) is 0 Å². The number of piperidine rings is 1. The van der Waals surface area contributed by atoms with Crippen LogP contribution in [0.15, 0.2) is 24.3 Å². The van der Waals surface area contributed by atoms with E-state index in [0.29, 0.717) is 24.1 Å². The van der Waals surface area contributed by atoms with Gasteiger partial charge in [-0.05, 0) is 50.0 Å². The minimum atomic E-state index is 0. The molecule has 1 aromatic rings. The highest BCUT2D eigenvalue weighted by atomic mass is 35.5. The third kappa shape index (κ3) is 5.18. The largest absolute Gasteiger partial charge is 0.493 e. The quantitative estimate of drug-likeness (QED) is 0.904. The topological polar surface area (TPSA) is 41.6 Å². The van der Waals surface area contributed by atoms with Gasteiger partial charge in [0.2, 0.25) is 0 Å². The Balaban J connectivity index is 0.00000242. The molecule has 0 atom stereocenters. The van der Waals surface area contributed by atoms with Crippen molar-refractivity contribution in [1.82, 2.24) is 10.2 Å². The Hall–Kier alpha value is -1.26. The van der Waals surface area contributed by atoms with Gasteiger partial charge in [-0.2, -0.15) is 0 Å². The maximum absolute atomic E-state index is 12.6. The van der Waals surface area contributed by atoms with Gasteiger partial charge in [-0.15, -0.1) is 12.4 Å². The number of nitrogens with zero attached hydrogens (tertiary/aromatic N) is 1. The lowest BCUT2D eigenvalue weighted by Crippen LogP contribution is -2.43. The number of halogens is 1. The number of rotatable bonds is 5. The van der Waals surface area contributed by atoms with Crippen molar-refractivity contribution in [3.8, 4) is 5.75 Å². The fourth-order valence-electron chi connectivity index (χ4n) is 2.55. The number of carbonyl (C=O) groups excluding carboxylic acids is 1. The second kappa shape index (κ2) is 9.01. The van der Waals surface area contributed by atoms with Gasteiger partial charge in [-0.25, -0.2) is 0 Å². The fraction of sp³-hybridized carbons (Fsp3) is 0.588. The van der Waals surface area contributed by atoms with Crippen LogP contribution in [-0.4, -0.2) is 43.6 Å². The Bertz CT molecular complexity index is 473. The predicted molar refractivity (Wildman–Crippen MR) is 92.0 cm³/mol. The molecule has 0 bridgehead atoms. The van der Waals surface area contributed by atoms with Crippen molar-refractivity contribution in [2.45, 2.75) is 32.7 Å². The van der Waals surface area contributed by atoms with Gasteiger partial charge in [0.25, 0.3) is 5.91 Å². The summed E-state index contributed by atoms with van der Waals surface area (Å²) in [7, 11) is 1.90. The molecular weight excluding hydrogens is 300 g/mol. The molecule has 124 valence electrons. The average Bonchev–Trinajstić information content (AvgIpc) is 2.52. The summed E-state index contributed by atoms with van der Waals surface area (Å²) in [5, 5.41) is 3.33. The van der Waals surface area contributed by atoms with E-state index in [2.05, 4.69) is 19.2 Å². The minimum absolute atomic E-state index is 0.